The van der Waals surface area contributed by atoms with E-state index in [0.717, 1.165) is 34.7 Å². The van der Waals surface area contributed by atoms with E-state index < -0.39 is 0 Å². The van der Waals surface area contributed by atoms with Crippen molar-refractivity contribution in [3.05, 3.63) is 96.1 Å². The molecule has 0 atom stereocenters. The summed E-state index contributed by atoms with van der Waals surface area (Å²) in [7, 11) is 0. The molecule has 0 amide bonds. The Morgan fingerprint density at radius 1 is 0.730 bits per heavy atom. The number of aryl methyl sites for hydroxylation is 1. The van der Waals surface area contributed by atoms with Crippen molar-refractivity contribution in [2.75, 3.05) is 16.2 Å². The average molecular weight is 494 g/mol. The average Bonchev–Trinajstić information content (AvgIpc) is 2.95. The zero-order valence-electron chi connectivity index (χ0n) is 21.3. The third-order valence-electron chi connectivity index (χ3n) is 5.63. The molecular formula is C28H31N9. The van der Waals surface area contributed by atoms with E-state index >= 15 is 0 Å². The number of nitrogens with zero attached hydrogens (tertiary/aromatic N) is 6. The lowest BCUT2D eigenvalue weighted by molar-refractivity contribution is 0.795. The molecule has 0 saturated carbocycles. The van der Waals surface area contributed by atoms with E-state index in [1.165, 1.54) is 18.4 Å². The van der Waals surface area contributed by atoms with Gasteiger partial charge < -0.3 is 5.32 Å². The lowest BCUT2D eigenvalue weighted by atomic mass is 10.1. The van der Waals surface area contributed by atoms with Crippen LogP contribution in [0.25, 0.3) is 0 Å². The van der Waals surface area contributed by atoms with Crippen molar-refractivity contribution < 1.29 is 0 Å². The van der Waals surface area contributed by atoms with Crippen molar-refractivity contribution >= 4 is 34.7 Å². The van der Waals surface area contributed by atoms with Crippen LogP contribution in [0.3, 0.4) is 0 Å². The Balaban J connectivity index is 1.56. The summed E-state index contributed by atoms with van der Waals surface area (Å²) < 4.78 is 0. The summed E-state index contributed by atoms with van der Waals surface area (Å²) in [5, 5.41) is 12.3. The Labute approximate surface area is 217 Å². The number of pyridine rings is 2. The van der Waals surface area contributed by atoms with Gasteiger partial charge in [-0.3, -0.25) is 20.8 Å². The second kappa shape index (κ2) is 12.9. The lowest BCUT2D eigenvalue weighted by Gasteiger charge is -2.11. The van der Waals surface area contributed by atoms with Gasteiger partial charge in [0.25, 0.3) is 0 Å². The van der Waals surface area contributed by atoms with Gasteiger partial charge in [-0.1, -0.05) is 25.5 Å². The first kappa shape index (κ1) is 25.4. The maximum Gasteiger partial charge on any atom is 0.231 e. The van der Waals surface area contributed by atoms with E-state index in [4.69, 9.17) is 0 Å². The second-order valence-corrected chi connectivity index (χ2v) is 8.48. The van der Waals surface area contributed by atoms with Gasteiger partial charge in [0, 0.05) is 47.7 Å². The Morgan fingerprint density at radius 2 is 1.24 bits per heavy atom. The summed E-state index contributed by atoms with van der Waals surface area (Å²) in [6.45, 7) is 6.04. The first-order valence-corrected chi connectivity index (χ1v) is 12.3. The zero-order valence-corrected chi connectivity index (χ0v) is 21.3. The van der Waals surface area contributed by atoms with Gasteiger partial charge in [-0.25, -0.2) is 0 Å². The molecule has 0 aliphatic carbocycles. The first-order chi connectivity index (χ1) is 18.1. The number of hydrogen-bond donors (Lipinski definition) is 3. The molecule has 1 aromatic carbocycles. The van der Waals surface area contributed by atoms with E-state index in [-0.39, 0.29) is 0 Å². The van der Waals surface area contributed by atoms with Crippen molar-refractivity contribution in [3.8, 4) is 0 Å². The molecular weight excluding hydrogens is 462 g/mol. The molecule has 3 heterocycles. The zero-order chi connectivity index (χ0) is 25.9. The van der Waals surface area contributed by atoms with Gasteiger partial charge in [0.05, 0.1) is 11.4 Å². The summed E-state index contributed by atoms with van der Waals surface area (Å²) >= 11 is 0. The topological polar surface area (TPSA) is 112 Å². The molecule has 3 N–H and O–H groups in total. The van der Waals surface area contributed by atoms with Gasteiger partial charge >= 0.3 is 0 Å². The molecule has 0 unspecified atom stereocenters. The third kappa shape index (κ3) is 7.66. The lowest BCUT2D eigenvalue weighted by Crippen LogP contribution is -2.06. The normalized spacial score (nSPS) is 11.8. The number of anilines is 4. The van der Waals surface area contributed by atoms with Crippen LogP contribution >= 0.6 is 0 Å². The van der Waals surface area contributed by atoms with Crippen molar-refractivity contribution in [1.82, 2.24) is 19.9 Å². The molecule has 9 heteroatoms. The summed E-state index contributed by atoms with van der Waals surface area (Å²) in [4.78, 5) is 17.3. The fourth-order valence-electron chi connectivity index (χ4n) is 3.48. The Bertz CT molecular complexity index is 1260. The largest absolute Gasteiger partial charge is 0.324 e. The number of nitrogens with one attached hydrogen (secondary N) is 3. The number of benzene rings is 1. The standard InChI is InChI=1S/C28H31N9/c1-4-5-6-22-7-9-25(10-8-22)31-28-32-26(36-34-20(2)23-11-15-29-16-12-23)19-27(33-28)37-35-21(3)24-13-17-30-18-14-24/h7-19H,4-6H2,1-3H3,(H3,31,32,33,36,37). The van der Waals surface area contributed by atoms with E-state index in [1.54, 1.807) is 30.9 Å². The summed E-state index contributed by atoms with van der Waals surface area (Å²) in [5.41, 5.74) is 11.8. The molecule has 9 nitrogen and oxygen atoms in total. The second-order valence-electron chi connectivity index (χ2n) is 8.48. The Morgan fingerprint density at radius 3 is 1.73 bits per heavy atom. The molecule has 3 aromatic heterocycles. The first-order valence-electron chi connectivity index (χ1n) is 12.3. The van der Waals surface area contributed by atoms with Crippen LogP contribution in [0.15, 0.2) is 89.6 Å². The van der Waals surface area contributed by atoms with Gasteiger partial charge in [0.1, 0.15) is 0 Å². The van der Waals surface area contributed by atoms with Crippen molar-refractivity contribution in [3.63, 3.8) is 0 Å². The van der Waals surface area contributed by atoms with Crippen LogP contribution in [0.5, 0.6) is 0 Å². The van der Waals surface area contributed by atoms with E-state index in [0.29, 0.717) is 17.6 Å². The van der Waals surface area contributed by atoms with E-state index in [1.807, 2.05) is 50.2 Å². The highest BCUT2D eigenvalue weighted by molar-refractivity contribution is 5.99. The predicted molar refractivity (Wildman–Crippen MR) is 151 cm³/mol. The highest BCUT2D eigenvalue weighted by atomic mass is 15.4. The van der Waals surface area contributed by atoms with Crippen molar-refractivity contribution in [2.24, 2.45) is 10.2 Å². The van der Waals surface area contributed by atoms with Gasteiger partial charge in [-0.15, -0.1) is 0 Å². The van der Waals surface area contributed by atoms with Gasteiger partial charge in [-0.2, -0.15) is 20.2 Å². The van der Waals surface area contributed by atoms with Crippen LogP contribution in [0.4, 0.5) is 23.3 Å². The summed E-state index contributed by atoms with van der Waals surface area (Å²) in [6.07, 6.45) is 10.4. The molecule has 37 heavy (non-hydrogen) atoms. The minimum absolute atomic E-state index is 0.419. The van der Waals surface area contributed by atoms with Crippen LogP contribution in [0.2, 0.25) is 0 Å². The van der Waals surface area contributed by atoms with Gasteiger partial charge in [-0.05, 0) is 68.7 Å². The quantitative estimate of drug-likeness (QED) is 0.173. The summed E-state index contributed by atoms with van der Waals surface area (Å²) in [5.74, 6) is 1.46. The molecule has 0 spiro atoms. The minimum atomic E-state index is 0.419. The van der Waals surface area contributed by atoms with Crippen molar-refractivity contribution in [1.29, 1.82) is 0 Å². The maximum atomic E-state index is 4.60. The van der Waals surface area contributed by atoms with Crippen LogP contribution in [-0.2, 0) is 6.42 Å². The molecule has 0 aliphatic heterocycles. The minimum Gasteiger partial charge on any atom is -0.324 e. The molecule has 188 valence electrons. The number of rotatable bonds is 11. The molecule has 4 rings (SSSR count). The van der Waals surface area contributed by atoms with Gasteiger partial charge in [0.2, 0.25) is 5.95 Å². The SMILES string of the molecule is CCCCc1ccc(Nc2nc(NN=C(C)c3ccncc3)cc(NN=C(C)c3ccncc3)n2)cc1. The van der Waals surface area contributed by atoms with Crippen molar-refractivity contribution in [2.45, 2.75) is 40.0 Å². The Hall–Kier alpha value is -4.66. The summed E-state index contributed by atoms with van der Waals surface area (Å²) in [6, 6.07) is 17.7. The van der Waals surface area contributed by atoms with Gasteiger partial charge in [0.15, 0.2) is 11.6 Å². The molecule has 0 saturated heterocycles. The number of hydrogen-bond acceptors (Lipinski definition) is 9. The highest BCUT2D eigenvalue weighted by Crippen LogP contribution is 2.20. The monoisotopic (exact) mass is 493 g/mol. The smallest absolute Gasteiger partial charge is 0.231 e. The Kier molecular flexibility index (Phi) is 8.85. The molecule has 0 bridgehead atoms. The molecule has 0 radical (unpaired) electrons. The molecule has 0 aliphatic rings. The molecule has 0 fully saturated rings. The predicted octanol–water partition coefficient (Wildman–Crippen LogP) is 6.03. The maximum absolute atomic E-state index is 4.60. The third-order valence-corrected chi connectivity index (χ3v) is 5.63. The highest BCUT2D eigenvalue weighted by Gasteiger charge is 2.07. The fraction of sp³-hybridized carbons (Fsp3) is 0.214. The van der Waals surface area contributed by atoms with E-state index in [2.05, 4.69) is 65.4 Å². The van der Waals surface area contributed by atoms with Crippen LogP contribution in [-0.4, -0.2) is 31.4 Å². The van der Waals surface area contributed by atoms with E-state index in [9.17, 15) is 0 Å². The van der Waals surface area contributed by atoms with Crippen LogP contribution in [0, 0.1) is 0 Å². The van der Waals surface area contributed by atoms with Crippen LogP contribution in [0.1, 0.15) is 50.3 Å². The van der Waals surface area contributed by atoms with Crippen LogP contribution < -0.4 is 16.2 Å². The number of hydrazone groups is 2. The molecule has 4 aromatic rings. The number of aromatic nitrogens is 4. The fourth-order valence-corrected chi connectivity index (χ4v) is 3.48. The number of unbranched alkanes of at least 4 members (excludes halogenated alkanes) is 1.